The predicted octanol–water partition coefficient (Wildman–Crippen LogP) is 2.86. The van der Waals surface area contributed by atoms with Gasteiger partial charge >= 0.3 is 0 Å². The van der Waals surface area contributed by atoms with Gasteiger partial charge in [-0.3, -0.25) is 4.99 Å². The van der Waals surface area contributed by atoms with Gasteiger partial charge in [-0.1, -0.05) is 25.4 Å². The molecule has 0 amide bonds. The molecule has 0 atom stereocenters. The van der Waals surface area contributed by atoms with Gasteiger partial charge in [-0.2, -0.15) is 0 Å². The second-order valence-corrected chi connectivity index (χ2v) is 4.34. The van der Waals surface area contributed by atoms with Crippen molar-refractivity contribution in [3.05, 3.63) is 29.0 Å². The van der Waals surface area contributed by atoms with E-state index in [-0.39, 0.29) is 5.96 Å². The van der Waals surface area contributed by atoms with Gasteiger partial charge in [-0.25, -0.2) is 4.39 Å². The molecule has 3 nitrogen and oxygen atoms in total. The fraction of sp³-hybridized carbons (Fsp3) is 0.364. The Morgan fingerprint density at radius 2 is 2.19 bits per heavy atom. The van der Waals surface area contributed by atoms with E-state index in [1.165, 1.54) is 12.1 Å². The smallest absolute Gasteiger partial charge is 0.193 e. The van der Waals surface area contributed by atoms with Crippen LogP contribution >= 0.6 is 11.6 Å². The Morgan fingerprint density at radius 3 is 2.75 bits per heavy atom. The van der Waals surface area contributed by atoms with Crippen LogP contribution in [0.5, 0.6) is 0 Å². The number of nitrogens with zero attached hydrogens (tertiary/aromatic N) is 1. The Kier molecular flexibility index (Phi) is 4.55. The van der Waals surface area contributed by atoms with Gasteiger partial charge in [0.2, 0.25) is 0 Å². The molecule has 0 aliphatic rings. The summed E-state index contributed by atoms with van der Waals surface area (Å²) in [7, 11) is 0. The molecule has 0 aromatic heterocycles. The van der Waals surface area contributed by atoms with Gasteiger partial charge in [0, 0.05) is 17.3 Å². The van der Waals surface area contributed by atoms with Crippen LogP contribution in [0.1, 0.15) is 13.8 Å². The number of anilines is 1. The second-order valence-electron chi connectivity index (χ2n) is 3.90. The fourth-order valence-electron chi connectivity index (χ4n) is 1.09. The van der Waals surface area contributed by atoms with Crippen molar-refractivity contribution >= 4 is 23.2 Å². The number of rotatable bonds is 3. The Bertz CT molecular complexity index is 371. The zero-order valence-electron chi connectivity index (χ0n) is 9.30. The Balaban J connectivity index is 2.69. The molecule has 0 aliphatic carbocycles. The van der Waals surface area contributed by atoms with E-state index in [1.54, 1.807) is 6.07 Å². The summed E-state index contributed by atoms with van der Waals surface area (Å²) in [6.45, 7) is 4.70. The molecule has 1 rings (SSSR count). The highest BCUT2D eigenvalue weighted by Crippen LogP contribution is 2.17. The van der Waals surface area contributed by atoms with Crippen molar-refractivity contribution in [2.24, 2.45) is 16.6 Å². The van der Waals surface area contributed by atoms with E-state index >= 15 is 0 Å². The minimum absolute atomic E-state index is 0.260. The zero-order chi connectivity index (χ0) is 12.1. The number of nitrogens with two attached hydrogens (primary N) is 1. The first-order valence-corrected chi connectivity index (χ1v) is 5.38. The third kappa shape index (κ3) is 4.49. The monoisotopic (exact) mass is 243 g/mol. The summed E-state index contributed by atoms with van der Waals surface area (Å²) in [6.07, 6.45) is 0. The van der Waals surface area contributed by atoms with Crippen LogP contribution in [-0.2, 0) is 0 Å². The average Bonchev–Trinajstić information content (AvgIpc) is 2.12. The number of nitrogens with one attached hydrogen (secondary N) is 1. The van der Waals surface area contributed by atoms with E-state index in [1.807, 2.05) is 13.8 Å². The van der Waals surface area contributed by atoms with E-state index in [2.05, 4.69) is 10.3 Å². The quantitative estimate of drug-likeness (QED) is 0.634. The van der Waals surface area contributed by atoms with E-state index in [9.17, 15) is 4.39 Å². The van der Waals surface area contributed by atoms with Crippen LogP contribution in [-0.4, -0.2) is 12.5 Å². The lowest BCUT2D eigenvalue weighted by Gasteiger charge is -2.07. The molecule has 88 valence electrons. The van der Waals surface area contributed by atoms with Gasteiger partial charge in [0.05, 0.1) is 0 Å². The van der Waals surface area contributed by atoms with Gasteiger partial charge in [0.25, 0.3) is 0 Å². The Morgan fingerprint density at radius 1 is 1.50 bits per heavy atom. The lowest BCUT2D eigenvalue weighted by atomic mass is 10.2. The largest absolute Gasteiger partial charge is 0.370 e. The number of hydrogen-bond acceptors (Lipinski definition) is 1. The molecule has 0 heterocycles. The number of aliphatic imine (C=N–C) groups is 1. The lowest BCUT2D eigenvalue weighted by Crippen LogP contribution is -2.23. The molecule has 0 radical (unpaired) electrons. The molecule has 0 unspecified atom stereocenters. The maximum absolute atomic E-state index is 13.0. The van der Waals surface area contributed by atoms with Crippen LogP contribution in [0.15, 0.2) is 23.2 Å². The number of guanidine groups is 1. The molecule has 16 heavy (non-hydrogen) atoms. The standard InChI is InChI=1S/C11H15ClFN3/c1-7(2)6-15-11(14)16-10-4-8(12)3-9(13)5-10/h3-5,7H,6H2,1-2H3,(H3,14,15,16). The maximum atomic E-state index is 13.0. The summed E-state index contributed by atoms with van der Waals surface area (Å²) in [5, 5.41) is 3.10. The van der Waals surface area contributed by atoms with Gasteiger partial charge in [-0.05, 0) is 24.1 Å². The van der Waals surface area contributed by atoms with E-state index in [0.29, 0.717) is 23.2 Å². The molecule has 5 heteroatoms. The van der Waals surface area contributed by atoms with Gasteiger partial charge in [0.15, 0.2) is 5.96 Å². The average molecular weight is 244 g/mol. The summed E-state index contributed by atoms with van der Waals surface area (Å²) in [5.74, 6) is 0.276. The summed E-state index contributed by atoms with van der Waals surface area (Å²) in [5.41, 5.74) is 6.12. The number of benzene rings is 1. The van der Waals surface area contributed by atoms with Crippen molar-refractivity contribution in [1.82, 2.24) is 0 Å². The van der Waals surface area contributed by atoms with Crippen molar-refractivity contribution in [3.63, 3.8) is 0 Å². The molecule has 1 aromatic carbocycles. The van der Waals surface area contributed by atoms with Gasteiger partial charge in [0.1, 0.15) is 5.82 Å². The topological polar surface area (TPSA) is 50.4 Å². The second kappa shape index (κ2) is 5.70. The molecule has 0 aliphatic heterocycles. The summed E-state index contributed by atoms with van der Waals surface area (Å²) in [6, 6.07) is 4.13. The highest BCUT2D eigenvalue weighted by molar-refractivity contribution is 6.30. The maximum Gasteiger partial charge on any atom is 0.193 e. The summed E-state index contributed by atoms with van der Waals surface area (Å²) in [4.78, 5) is 4.10. The molecular weight excluding hydrogens is 229 g/mol. The molecule has 1 aromatic rings. The third-order valence-corrected chi connectivity index (χ3v) is 1.98. The van der Waals surface area contributed by atoms with Crippen molar-refractivity contribution in [2.45, 2.75) is 13.8 Å². The van der Waals surface area contributed by atoms with Crippen molar-refractivity contribution in [3.8, 4) is 0 Å². The van der Waals surface area contributed by atoms with Gasteiger partial charge in [-0.15, -0.1) is 0 Å². The highest BCUT2D eigenvalue weighted by Gasteiger charge is 2.00. The van der Waals surface area contributed by atoms with Crippen LogP contribution < -0.4 is 11.1 Å². The zero-order valence-corrected chi connectivity index (χ0v) is 10.1. The molecular formula is C11H15ClFN3. The van der Waals surface area contributed by atoms with Crippen molar-refractivity contribution in [1.29, 1.82) is 0 Å². The summed E-state index contributed by atoms with van der Waals surface area (Å²) < 4.78 is 13.0. The minimum atomic E-state index is -0.411. The number of hydrogen-bond donors (Lipinski definition) is 2. The van der Waals surface area contributed by atoms with Crippen LogP contribution in [0, 0.1) is 11.7 Å². The van der Waals surface area contributed by atoms with Crippen molar-refractivity contribution in [2.75, 3.05) is 11.9 Å². The minimum Gasteiger partial charge on any atom is -0.370 e. The van der Waals surface area contributed by atoms with E-state index in [4.69, 9.17) is 17.3 Å². The normalized spacial score (nSPS) is 11.9. The predicted molar refractivity (Wildman–Crippen MR) is 66.4 cm³/mol. The van der Waals surface area contributed by atoms with E-state index in [0.717, 1.165) is 0 Å². The first kappa shape index (κ1) is 12.8. The number of halogens is 2. The Hall–Kier alpha value is -1.29. The Labute approximate surface area is 99.5 Å². The third-order valence-electron chi connectivity index (χ3n) is 1.76. The molecule has 0 saturated carbocycles. The first-order chi connectivity index (χ1) is 7.47. The molecule has 0 bridgehead atoms. The SMILES string of the molecule is CC(C)CN=C(N)Nc1cc(F)cc(Cl)c1. The van der Waals surface area contributed by atoms with Crippen LogP contribution in [0.2, 0.25) is 5.02 Å². The van der Waals surface area contributed by atoms with Crippen LogP contribution in [0.3, 0.4) is 0 Å². The molecule has 0 saturated heterocycles. The van der Waals surface area contributed by atoms with Crippen molar-refractivity contribution < 1.29 is 4.39 Å². The van der Waals surface area contributed by atoms with Crippen LogP contribution in [0.4, 0.5) is 10.1 Å². The molecule has 3 N–H and O–H groups in total. The van der Waals surface area contributed by atoms with Gasteiger partial charge < -0.3 is 11.1 Å². The highest BCUT2D eigenvalue weighted by atomic mass is 35.5. The fourth-order valence-corrected chi connectivity index (χ4v) is 1.32. The molecule has 0 fully saturated rings. The van der Waals surface area contributed by atoms with E-state index < -0.39 is 5.82 Å². The lowest BCUT2D eigenvalue weighted by molar-refractivity contribution is 0.628. The van der Waals surface area contributed by atoms with Crippen LogP contribution in [0.25, 0.3) is 0 Å². The molecule has 0 spiro atoms. The summed E-state index contributed by atoms with van der Waals surface area (Å²) >= 11 is 5.70. The first-order valence-electron chi connectivity index (χ1n) is 5.00.